The second kappa shape index (κ2) is 9.82. The van der Waals surface area contributed by atoms with Crippen molar-refractivity contribution in [2.45, 2.75) is 29.9 Å². The number of alkyl halides is 11. The van der Waals surface area contributed by atoms with Crippen LogP contribution >= 0.6 is 31.9 Å². The maximum absolute atomic E-state index is 14.8. The number of Topliss-reactive ketones (excluding diaryl/α,β-unsaturated/α-hetero) is 1. The third-order valence-corrected chi connectivity index (χ3v) is 7.24. The first-order valence-corrected chi connectivity index (χ1v) is 12.5. The fourth-order valence-corrected chi connectivity index (χ4v) is 4.93. The molecule has 41 heavy (non-hydrogen) atoms. The van der Waals surface area contributed by atoms with Gasteiger partial charge in [-0.3, -0.25) is 4.79 Å². The third-order valence-electron chi connectivity index (χ3n) is 6.26. The number of ketones is 1. The number of phenolic OH excluding ortho intramolecular Hbond substituents is 1. The molecule has 0 radical (unpaired) electrons. The summed E-state index contributed by atoms with van der Waals surface area (Å²) in [6.45, 7) is 0. The van der Waals surface area contributed by atoms with Crippen LogP contribution in [0.4, 0.5) is 48.3 Å². The van der Waals surface area contributed by atoms with Gasteiger partial charge in [0.15, 0.2) is 0 Å². The summed E-state index contributed by atoms with van der Waals surface area (Å²) in [6, 6.07) is 13.4. The Bertz CT molecular complexity index is 1700. The van der Waals surface area contributed by atoms with Crippen LogP contribution in [0.3, 0.4) is 0 Å². The zero-order chi connectivity index (χ0) is 30.9. The summed E-state index contributed by atoms with van der Waals surface area (Å²) in [4.78, 5) is 12.7. The Balaban J connectivity index is 2.01. The van der Waals surface area contributed by atoms with Crippen molar-refractivity contribution in [2.24, 2.45) is 0 Å². The quantitative estimate of drug-likeness (QED) is 0.159. The standard InChI is InChI=1S/C26H11Br2F11O2/c27-13-4-6-15-11(8-13)2-1-3-17(15)19-16-7-5-14(28)9-12(16)10-18(20(19)40)21(41)22(29,30)23(31,32)24(33,34)25(35,36)26(37,38)39/h1-10,40H. The van der Waals surface area contributed by atoms with Gasteiger partial charge < -0.3 is 5.11 Å². The van der Waals surface area contributed by atoms with E-state index < -0.39 is 52.5 Å². The maximum Gasteiger partial charge on any atom is 0.460 e. The highest BCUT2D eigenvalue weighted by Gasteiger charge is 2.88. The van der Waals surface area contributed by atoms with Crippen LogP contribution in [0, 0.1) is 0 Å². The number of aromatic hydroxyl groups is 1. The summed E-state index contributed by atoms with van der Waals surface area (Å²) >= 11 is 6.32. The van der Waals surface area contributed by atoms with Crippen LogP contribution < -0.4 is 0 Å². The molecule has 0 amide bonds. The van der Waals surface area contributed by atoms with Gasteiger partial charge in [-0.25, -0.2) is 0 Å². The van der Waals surface area contributed by atoms with Gasteiger partial charge in [-0.15, -0.1) is 0 Å². The minimum atomic E-state index is -7.78. The Labute approximate surface area is 239 Å². The lowest BCUT2D eigenvalue weighted by molar-refractivity contribution is -0.415. The molecule has 0 saturated heterocycles. The molecular weight excluding hydrogens is 713 g/mol. The van der Waals surface area contributed by atoms with Crippen LogP contribution in [0.15, 0.2) is 69.6 Å². The van der Waals surface area contributed by atoms with Crippen LogP contribution in [0.25, 0.3) is 32.7 Å². The molecule has 0 saturated carbocycles. The molecule has 4 aromatic rings. The molecule has 218 valence electrons. The van der Waals surface area contributed by atoms with E-state index in [1.54, 1.807) is 18.2 Å². The Kier molecular flexibility index (Phi) is 7.42. The van der Waals surface area contributed by atoms with Crippen molar-refractivity contribution >= 4 is 59.2 Å². The fraction of sp³-hybridized carbons (Fsp3) is 0.192. The van der Waals surface area contributed by atoms with E-state index in [-0.39, 0.29) is 20.8 Å². The molecule has 0 aliphatic carbocycles. The summed E-state index contributed by atoms with van der Waals surface area (Å²) in [5.74, 6) is -34.6. The predicted octanol–water partition coefficient (Wildman–Crippen LogP) is 10.2. The molecule has 0 aliphatic rings. The van der Waals surface area contributed by atoms with Crippen LogP contribution in [-0.4, -0.2) is 40.8 Å². The van der Waals surface area contributed by atoms with Gasteiger partial charge in [-0.1, -0.05) is 62.2 Å². The first-order chi connectivity index (χ1) is 18.7. The molecule has 0 aromatic heterocycles. The third kappa shape index (κ3) is 4.64. The van der Waals surface area contributed by atoms with Crippen LogP contribution in [0.5, 0.6) is 5.75 Å². The van der Waals surface area contributed by atoms with E-state index in [4.69, 9.17) is 0 Å². The lowest BCUT2D eigenvalue weighted by atomic mass is 9.87. The van der Waals surface area contributed by atoms with E-state index >= 15 is 0 Å². The average molecular weight is 724 g/mol. The number of halogens is 13. The summed E-state index contributed by atoms with van der Waals surface area (Å²) in [6.07, 6.45) is -7.38. The van der Waals surface area contributed by atoms with E-state index in [1.165, 1.54) is 36.4 Å². The van der Waals surface area contributed by atoms with E-state index in [2.05, 4.69) is 31.9 Å². The average Bonchev–Trinajstić information content (AvgIpc) is 2.86. The Morgan fingerprint density at radius 2 is 1.17 bits per heavy atom. The normalized spacial score (nSPS) is 13.7. The van der Waals surface area contributed by atoms with Gasteiger partial charge in [0.25, 0.3) is 0 Å². The van der Waals surface area contributed by atoms with Crippen LogP contribution in [0.2, 0.25) is 0 Å². The highest BCUT2D eigenvalue weighted by Crippen LogP contribution is 2.58. The number of carbonyl (C=O) groups is 1. The maximum atomic E-state index is 14.8. The zero-order valence-electron chi connectivity index (χ0n) is 19.5. The first-order valence-electron chi connectivity index (χ1n) is 10.9. The second-order valence-corrected chi connectivity index (χ2v) is 10.6. The first kappa shape index (κ1) is 31.0. The SMILES string of the molecule is O=C(c1cc2cc(Br)ccc2c(-c2cccc3cc(Br)ccc23)c1O)C(F)(F)C(F)(F)C(F)(F)C(F)(F)C(F)(F)F. The van der Waals surface area contributed by atoms with Gasteiger partial charge in [0, 0.05) is 14.5 Å². The topological polar surface area (TPSA) is 37.3 Å². The van der Waals surface area contributed by atoms with Gasteiger partial charge in [0.05, 0.1) is 5.56 Å². The second-order valence-electron chi connectivity index (χ2n) is 8.81. The molecule has 0 fully saturated rings. The minimum Gasteiger partial charge on any atom is -0.507 e. The van der Waals surface area contributed by atoms with Gasteiger partial charge in [-0.05, 0) is 57.4 Å². The fourth-order valence-electron chi connectivity index (χ4n) is 4.17. The number of hydrogen-bond acceptors (Lipinski definition) is 2. The van der Waals surface area contributed by atoms with Gasteiger partial charge in [-0.2, -0.15) is 48.3 Å². The summed E-state index contributed by atoms with van der Waals surface area (Å²) in [5.41, 5.74) is -2.08. The molecule has 15 heteroatoms. The summed E-state index contributed by atoms with van der Waals surface area (Å²) in [7, 11) is 0. The van der Waals surface area contributed by atoms with Crippen molar-refractivity contribution < 1.29 is 58.2 Å². The Hall–Kier alpha value is -2.94. The van der Waals surface area contributed by atoms with Crippen molar-refractivity contribution in [2.75, 3.05) is 0 Å². The monoisotopic (exact) mass is 722 g/mol. The Morgan fingerprint density at radius 1 is 0.634 bits per heavy atom. The molecule has 0 atom stereocenters. The van der Waals surface area contributed by atoms with E-state index in [1.807, 2.05) is 0 Å². The summed E-state index contributed by atoms with van der Waals surface area (Å²) in [5, 5.41) is 11.7. The molecule has 0 unspecified atom stereocenters. The lowest BCUT2D eigenvalue weighted by Crippen LogP contribution is -2.68. The molecule has 4 aromatic carbocycles. The van der Waals surface area contributed by atoms with Crippen LogP contribution in [-0.2, 0) is 0 Å². The molecular formula is C26H11Br2F11O2. The van der Waals surface area contributed by atoms with E-state index in [0.29, 0.717) is 21.3 Å². The van der Waals surface area contributed by atoms with Crippen molar-refractivity contribution in [3.63, 3.8) is 0 Å². The molecule has 2 nitrogen and oxygen atoms in total. The smallest absolute Gasteiger partial charge is 0.460 e. The summed E-state index contributed by atoms with van der Waals surface area (Å²) < 4.78 is 151. The molecule has 0 bridgehead atoms. The minimum absolute atomic E-state index is 0.0542. The van der Waals surface area contributed by atoms with Gasteiger partial charge in [0.2, 0.25) is 5.78 Å². The molecule has 0 heterocycles. The van der Waals surface area contributed by atoms with Crippen molar-refractivity contribution in [1.82, 2.24) is 0 Å². The molecule has 0 spiro atoms. The van der Waals surface area contributed by atoms with E-state index in [0.717, 1.165) is 0 Å². The number of hydrogen-bond donors (Lipinski definition) is 1. The van der Waals surface area contributed by atoms with Gasteiger partial charge >= 0.3 is 29.9 Å². The van der Waals surface area contributed by atoms with Gasteiger partial charge in [0.1, 0.15) is 5.75 Å². The molecule has 4 rings (SSSR count). The lowest BCUT2D eigenvalue weighted by Gasteiger charge is -2.36. The zero-order valence-corrected chi connectivity index (χ0v) is 22.7. The molecule has 1 N–H and O–H groups in total. The number of rotatable bonds is 6. The highest BCUT2D eigenvalue weighted by molar-refractivity contribution is 9.10. The number of benzene rings is 4. The highest BCUT2D eigenvalue weighted by atomic mass is 79.9. The predicted molar refractivity (Wildman–Crippen MR) is 134 cm³/mol. The Morgan fingerprint density at radius 3 is 1.73 bits per heavy atom. The number of phenols is 1. The van der Waals surface area contributed by atoms with Crippen molar-refractivity contribution in [3.8, 4) is 16.9 Å². The number of fused-ring (bicyclic) bond motifs is 2. The number of carbonyl (C=O) groups excluding carboxylic acids is 1. The van der Waals surface area contributed by atoms with Crippen molar-refractivity contribution in [1.29, 1.82) is 0 Å². The largest absolute Gasteiger partial charge is 0.507 e. The van der Waals surface area contributed by atoms with E-state index in [9.17, 15) is 58.2 Å². The van der Waals surface area contributed by atoms with Crippen LogP contribution in [0.1, 0.15) is 10.4 Å². The molecule has 0 aliphatic heterocycles. The van der Waals surface area contributed by atoms with Crippen molar-refractivity contribution in [3.05, 3.63) is 75.2 Å².